The standard InChI is InChI=1S/C18H16F2N2O2/c19-14-3-1-12(2-4-14)10-21-18(24)13-9-17(23)22(11-13)16-7-5-15(20)6-8-16/h1-8,13H,9-11H2,(H,21,24). The number of hydrogen-bond donors (Lipinski definition) is 1. The van der Waals surface area contributed by atoms with Crippen LogP contribution in [0.4, 0.5) is 14.5 Å². The van der Waals surface area contributed by atoms with Gasteiger partial charge in [0.15, 0.2) is 0 Å². The van der Waals surface area contributed by atoms with Crippen molar-refractivity contribution in [1.29, 1.82) is 0 Å². The van der Waals surface area contributed by atoms with Crippen LogP contribution in [0, 0.1) is 17.6 Å². The lowest BCUT2D eigenvalue weighted by Gasteiger charge is -2.16. The van der Waals surface area contributed by atoms with Crippen LogP contribution in [0.2, 0.25) is 0 Å². The number of nitrogens with zero attached hydrogens (tertiary/aromatic N) is 1. The second-order valence-corrected chi connectivity index (χ2v) is 5.73. The van der Waals surface area contributed by atoms with Crippen molar-refractivity contribution in [2.75, 3.05) is 11.4 Å². The summed E-state index contributed by atoms with van der Waals surface area (Å²) in [6, 6.07) is 11.5. The molecule has 1 fully saturated rings. The molecule has 0 radical (unpaired) electrons. The maximum atomic E-state index is 13.0. The largest absolute Gasteiger partial charge is 0.352 e. The van der Waals surface area contributed by atoms with Crippen LogP contribution in [-0.4, -0.2) is 18.4 Å². The molecule has 1 atom stereocenters. The van der Waals surface area contributed by atoms with E-state index in [2.05, 4.69) is 5.32 Å². The van der Waals surface area contributed by atoms with Crippen LogP contribution in [0.25, 0.3) is 0 Å². The predicted octanol–water partition coefficient (Wildman–Crippen LogP) is 2.63. The molecule has 3 rings (SSSR count). The van der Waals surface area contributed by atoms with Gasteiger partial charge in [0.25, 0.3) is 0 Å². The van der Waals surface area contributed by atoms with Crippen molar-refractivity contribution in [3.05, 3.63) is 65.7 Å². The maximum absolute atomic E-state index is 13.0. The molecule has 1 saturated heterocycles. The molecule has 2 aromatic rings. The molecule has 0 bridgehead atoms. The van der Waals surface area contributed by atoms with Gasteiger partial charge >= 0.3 is 0 Å². The third kappa shape index (κ3) is 3.59. The first kappa shape index (κ1) is 16.1. The SMILES string of the molecule is O=C(NCc1ccc(F)cc1)C1CC(=O)N(c2ccc(F)cc2)C1. The van der Waals surface area contributed by atoms with Gasteiger partial charge in [-0.05, 0) is 42.0 Å². The molecule has 124 valence electrons. The quantitative estimate of drug-likeness (QED) is 0.937. The Labute approximate surface area is 138 Å². The molecule has 2 aromatic carbocycles. The highest BCUT2D eigenvalue weighted by atomic mass is 19.1. The van der Waals surface area contributed by atoms with Crippen LogP contribution in [-0.2, 0) is 16.1 Å². The second kappa shape index (κ2) is 6.78. The van der Waals surface area contributed by atoms with E-state index < -0.39 is 5.92 Å². The Morgan fingerprint density at radius 2 is 1.62 bits per heavy atom. The van der Waals surface area contributed by atoms with Gasteiger partial charge in [0.1, 0.15) is 11.6 Å². The summed E-state index contributed by atoms with van der Waals surface area (Å²) < 4.78 is 25.8. The van der Waals surface area contributed by atoms with Gasteiger partial charge in [-0.1, -0.05) is 12.1 Å². The lowest BCUT2D eigenvalue weighted by atomic mass is 10.1. The summed E-state index contributed by atoms with van der Waals surface area (Å²) in [5, 5.41) is 2.76. The third-order valence-corrected chi connectivity index (χ3v) is 4.01. The first-order valence-electron chi connectivity index (χ1n) is 7.61. The van der Waals surface area contributed by atoms with Crippen LogP contribution >= 0.6 is 0 Å². The number of rotatable bonds is 4. The highest BCUT2D eigenvalue weighted by molar-refractivity contribution is 6.00. The van der Waals surface area contributed by atoms with Crippen LogP contribution in [0.1, 0.15) is 12.0 Å². The Bertz CT molecular complexity index is 745. The van der Waals surface area contributed by atoms with Gasteiger partial charge in [-0.2, -0.15) is 0 Å². The zero-order valence-electron chi connectivity index (χ0n) is 12.8. The summed E-state index contributed by atoms with van der Waals surface area (Å²) in [6.45, 7) is 0.542. The van der Waals surface area contributed by atoms with Gasteiger partial charge < -0.3 is 10.2 Å². The minimum atomic E-state index is -0.456. The van der Waals surface area contributed by atoms with Crippen molar-refractivity contribution in [1.82, 2.24) is 5.32 Å². The van der Waals surface area contributed by atoms with Gasteiger partial charge in [0.05, 0.1) is 5.92 Å². The topological polar surface area (TPSA) is 49.4 Å². The smallest absolute Gasteiger partial charge is 0.227 e. The second-order valence-electron chi connectivity index (χ2n) is 5.73. The van der Waals surface area contributed by atoms with E-state index in [1.807, 2.05) is 0 Å². The zero-order chi connectivity index (χ0) is 17.1. The van der Waals surface area contributed by atoms with Crippen molar-refractivity contribution < 1.29 is 18.4 Å². The third-order valence-electron chi connectivity index (χ3n) is 4.01. The van der Waals surface area contributed by atoms with Gasteiger partial charge in [-0.3, -0.25) is 9.59 Å². The molecule has 0 aliphatic carbocycles. The monoisotopic (exact) mass is 330 g/mol. The van der Waals surface area contributed by atoms with Crippen molar-refractivity contribution in [2.45, 2.75) is 13.0 Å². The molecular weight excluding hydrogens is 314 g/mol. The van der Waals surface area contributed by atoms with Crippen LogP contribution in [0.15, 0.2) is 48.5 Å². The minimum Gasteiger partial charge on any atom is -0.352 e. The first-order valence-corrected chi connectivity index (χ1v) is 7.61. The van der Waals surface area contributed by atoms with Gasteiger partial charge in [-0.25, -0.2) is 8.78 Å². The lowest BCUT2D eigenvalue weighted by Crippen LogP contribution is -2.32. The summed E-state index contributed by atoms with van der Waals surface area (Å²) in [5.41, 5.74) is 1.36. The number of benzene rings is 2. The Morgan fingerprint density at radius 1 is 1.04 bits per heavy atom. The average molecular weight is 330 g/mol. The summed E-state index contributed by atoms with van der Waals surface area (Å²) in [4.78, 5) is 25.8. The number of carbonyl (C=O) groups excluding carboxylic acids is 2. The molecule has 1 aliphatic heterocycles. The summed E-state index contributed by atoms with van der Waals surface area (Å²) >= 11 is 0. The fourth-order valence-corrected chi connectivity index (χ4v) is 2.69. The van der Waals surface area contributed by atoms with Crippen molar-refractivity contribution >= 4 is 17.5 Å². The molecule has 0 spiro atoms. The molecule has 1 heterocycles. The number of anilines is 1. The lowest BCUT2D eigenvalue weighted by molar-refractivity contribution is -0.126. The van der Waals surface area contributed by atoms with Crippen molar-refractivity contribution in [3.8, 4) is 0 Å². The number of nitrogens with one attached hydrogen (secondary N) is 1. The Kier molecular flexibility index (Phi) is 4.55. The van der Waals surface area contributed by atoms with E-state index in [-0.39, 0.29) is 43.0 Å². The molecule has 0 saturated carbocycles. The summed E-state index contributed by atoms with van der Waals surface area (Å²) in [5.74, 6) is -1.55. The molecule has 6 heteroatoms. The van der Waals surface area contributed by atoms with E-state index in [1.54, 1.807) is 12.1 Å². The van der Waals surface area contributed by atoms with E-state index in [0.717, 1.165) is 5.56 Å². The minimum absolute atomic E-state index is 0.118. The predicted molar refractivity (Wildman–Crippen MR) is 85.1 cm³/mol. The highest BCUT2D eigenvalue weighted by Crippen LogP contribution is 2.25. The number of amides is 2. The van der Waals surface area contributed by atoms with Gasteiger partial charge in [-0.15, -0.1) is 0 Å². The van der Waals surface area contributed by atoms with Crippen molar-refractivity contribution in [3.63, 3.8) is 0 Å². The van der Waals surface area contributed by atoms with E-state index >= 15 is 0 Å². The molecule has 0 aromatic heterocycles. The number of hydrogen-bond acceptors (Lipinski definition) is 2. The average Bonchev–Trinajstić information content (AvgIpc) is 2.97. The van der Waals surface area contributed by atoms with Gasteiger partial charge in [0.2, 0.25) is 11.8 Å². The Balaban J connectivity index is 1.59. The summed E-state index contributed by atoms with van der Waals surface area (Å²) in [6.07, 6.45) is 0.118. The van der Waals surface area contributed by atoms with E-state index in [9.17, 15) is 18.4 Å². The van der Waals surface area contributed by atoms with Crippen LogP contribution < -0.4 is 10.2 Å². The number of halogens is 2. The van der Waals surface area contributed by atoms with E-state index in [4.69, 9.17) is 0 Å². The fraction of sp³-hybridized carbons (Fsp3) is 0.222. The van der Waals surface area contributed by atoms with Crippen LogP contribution in [0.5, 0.6) is 0 Å². The molecule has 2 amide bonds. The normalized spacial score (nSPS) is 17.2. The molecule has 24 heavy (non-hydrogen) atoms. The Hall–Kier alpha value is -2.76. The fourth-order valence-electron chi connectivity index (χ4n) is 2.69. The zero-order valence-corrected chi connectivity index (χ0v) is 12.8. The molecular formula is C18H16F2N2O2. The first-order chi connectivity index (χ1) is 11.5. The summed E-state index contributed by atoms with van der Waals surface area (Å²) in [7, 11) is 0. The molecule has 1 aliphatic rings. The van der Waals surface area contributed by atoms with E-state index in [0.29, 0.717) is 5.69 Å². The van der Waals surface area contributed by atoms with Gasteiger partial charge in [0, 0.05) is 25.2 Å². The Morgan fingerprint density at radius 3 is 2.25 bits per heavy atom. The van der Waals surface area contributed by atoms with Crippen molar-refractivity contribution in [2.24, 2.45) is 5.92 Å². The van der Waals surface area contributed by atoms with E-state index in [1.165, 1.54) is 41.3 Å². The maximum Gasteiger partial charge on any atom is 0.227 e. The molecule has 1 N–H and O–H groups in total. The number of carbonyl (C=O) groups is 2. The van der Waals surface area contributed by atoms with Crippen LogP contribution in [0.3, 0.4) is 0 Å². The highest BCUT2D eigenvalue weighted by Gasteiger charge is 2.34. The molecule has 4 nitrogen and oxygen atoms in total. The molecule has 1 unspecified atom stereocenters.